The van der Waals surface area contributed by atoms with E-state index in [2.05, 4.69) is 20.9 Å². The number of alkyl halides is 1. The van der Waals surface area contributed by atoms with E-state index in [1.54, 1.807) is 0 Å². The highest BCUT2D eigenvalue weighted by molar-refractivity contribution is 9.08. The summed E-state index contributed by atoms with van der Waals surface area (Å²) in [7, 11) is 0. The van der Waals surface area contributed by atoms with E-state index in [-0.39, 0.29) is 0 Å². The van der Waals surface area contributed by atoms with Gasteiger partial charge in [0.1, 0.15) is 0 Å². The molecule has 1 heterocycles. The predicted octanol–water partition coefficient (Wildman–Crippen LogP) is 3.23. The van der Waals surface area contributed by atoms with Gasteiger partial charge in [-0.05, 0) is 12.1 Å². The fourth-order valence-corrected chi connectivity index (χ4v) is 1.72. The van der Waals surface area contributed by atoms with Gasteiger partial charge in [0.05, 0.1) is 17.1 Å². The summed E-state index contributed by atoms with van der Waals surface area (Å²) in [4.78, 5) is 4.49. The molecule has 2 nitrogen and oxygen atoms in total. The lowest BCUT2D eigenvalue weighted by Gasteiger charge is -2.06. The Morgan fingerprint density at radius 2 is 1.80 bits per heavy atom. The van der Waals surface area contributed by atoms with E-state index >= 15 is 0 Å². The average Bonchev–Trinajstić information content (AvgIpc) is 2.31. The van der Waals surface area contributed by atoms with Gasteiger partial charge in [0, 0.05) is 10.9 Å². The maximum atomic E-state index is 5.90. The number of benzene rings is 1. The standard InChI is InChI=1S/C12H11BrN2/c13-8-10-6-7-11(14)12(15-10)9-4-2-1-3-5-9/h1-7H,8,14H2. The lowest BCUT2D eigenvalue weighted by molar-refractivity contribution is 1.19. The van der Waals surface area contributed by atoms with Crippen LogP contribution in [0.5, 0.6) is 0 Å². The summed E-state index contributed by atoms with van der Waals surface area (Å²) < 4.78 is 0. The number of hydrogen-bond donors (Lipinski definition) is 1. The monoisotopic (exact) mass is 262 g/mol. The van der Waals surface area contributed by atoms with Crippen LogP contribution in [0.1, 0.15) is 5.69 Å². The molecule has 0 aliphatic carbocycles. The van der Waals surface area contributed by atoms with Crippen LogP contribution in [-0.2, 0) is 5.33 Å². The van der Waals surface area contributed by atoms with Crippen LogP contribution in [0, 0.1) is 0 Å². The molecule has 15 heavy (non-hydrogen) atoms. The van der Waals surface area contributed by atoms with Crippen molar-refractivity contribution in [1.82, 2.24) is 4.98 Å². The second-order valence-electron chi connectivity index (χ2n) is 3.24. The Balaban J connectivity index is 2.52. The first-order valence-electron chi connectivity index (χ1n) is 4.68. The summed E-state index contributed by atoms with van der Waals surface area (Å²) in [6.07, 6.45) is 0. The van der Waals surface area contributed by atoms with Gasteiger partial charge in [-0.25, -0.2) is 4.98 Å². The molecule has 2 rings (SSSR count). The molecular formula is C12H11BrN2. The Bertz CT molecular complexity index is 454. The van der Waals surface area contributed by atoms with Crippen molar-refractivity contribution in [2.24, 2.45) is 0 Å². The molecule has 2 N–H and O–H groups in total. The number of pyridine rings is 1. The molecule has 0 bridgehead atoms. The van der Waals surface area contributed by atoms with Crippen molar-refractivity contribution >= 4 is 21.6 Å². The van der Waals surface area contributed by atoms with Gasteiger partial charge >= 0.3 is 0 Å². The highest BCUT2D eigenvalue weighted by Gasteiger charge is 2.04. The van der Waals surface area contributed by atoms with Gasteiger partial charge in [0.2, 0.25) is 0 Å². The number of hydrogen-bond acceptors (Lipinski definition) is 2. The van der Waals surface area contributed by atoms with Crippen LogP contribution in [0.25, 0.3) is 11.3 Å². The third kappa shape index (κ3) is 2.18. The highest BCUT2D eigenvalue weighted by atomic mass is 79.9. The number of nitrogen functional groups attached to an aromatic ring is 1. The van der Waals surface area contributed by atoms with Crippen LogP contribution in [0.2, 0.25) is 0 Å². The first-order chi connectivity index (χ1) is 7.31. The third-order valence-corrected chi connectivity index (χ3v) is 2.74. The van der Waals surface area contributed by atoms with Gasteiger partial charge in [-0.2, -0.15) is 0 Å². The Hall–Kier alpha value is -1.35. The maximum Gasteiger partial charge on any atom is 0.0934 e. The Kier molecular flexibility index (Phi) is 3.02. The molecule has 0 spiro atoms. The molecular weight excluding hydrogens is 252 g/mol. The summed E-state index contributed by atoms with van der Waals surface area (Å²) in [5, 5.41) is 0.743. The molecule has 0 saturated carbocycles. The van der Waals surface area contributed by atoms with Crippen molar-refractivity contribution in [3.05, 3.63) is 48.2 Å². The van der Waals surface area contributed by atoms with Crippen LogP contribution in [-0.4, -0.2) is 4.98 Å². The van der Waals surface area contributed by atoms with Crippen LogP contribution in [0.4, 0.5) is 5.69 Å². The molecule has 0 aliphatic heterocycles. The van der Waals surface area contributed by atoms with Gasteiger partial charge < -0.3 is 5.73 Å². The topological polar surface area (TPSA) is 38.9 Å². The first kappa shape index (κ1) is 10.2. The van der Waals surface area contributed by atoms with Crippen LogP contribution in [0.15, 0.2) is 42.5 Å². The number of nitrogens with zero attached hydrogens (tertiary/aromatic N) is 1. The van der Waals surface area contributed by atoms with E-state index in [0.29, 0.717) is 5.69 Å². The molecule has 0 radical (unpaired) electrons. The SMILES string of the molecule is Nc1ccc(CBr)nc1-c1ccccc1. The van der Waals surface area contributed by atoms with E-state index in [1.807, 2.05) is 42.5 Å². The number of halogens is 1. The Morgan fingerprint density at radius 3 is 2.47 bits per heavy atom. The summed E-state index contributed by atoms with van der Waals surface area (Å²) in [5.41, 5.74) is 9.51. The average molecular weight is 263 g/mol. The zero-order chi connectivity index (χ0) is 10.7. The number of nitrogens with two attached hydrogens (primary N) is 1. The minimum absolute atomic E-state index is 0.714. The lowest BCUT2D eigenvalue weighted by atomic mass is 10.1. The zero-order valence-corrected chi connectivity index (χ0v) is 9.74. The molecule has 0 saturated heterocycles. The van der Waals surface area contributed by atoms with Crippen molar-refractivity contribution in [2.75, 3.05) is 5.73 Å². The van der Waals surface area contributed by atoms with Crippen molar-refractivity contribution in [3.63, 3.8) is 0 Å². The molecule has 1 aromatic carbocycles. The Labute approximate surface area is 97.3 Å². The molecule has 0 fully saturated rings. The largest absolute Gasteiger partial charge is 0.397 e. The van der Waals surface area contributed by atoms with Crippen molar-refractivity contribution < 1.29 is 0 Å². The molecule has 3 heteroatoms. The maximum absolute atomic E-state index is 5.90. The van der Waals surface area contributed by atoms with E-state index < -0.39 is 0 Å². The van der Waals surface area contributed by atoms with E-state index in [4.69, 9.17) is 5.73 Å². The van der Waals surface area contributed by atoms with Crippen LogP contribution < -0.4 is 5.73 Å². The molecule has 0 atom stereocenters. The van der Waals surface area contributed by atoms with Gasteiger partial charge in [-0.1, -0.05) is 46.3 Å². The van der Waals surface area contributed by atoms with E-state index in [1.165, 1.54) is 0 Å². The normalized spacial score (nSPS) is 10.2. The van der Waals surface area contributed by atoms with Crippen LogP contribution in [0.3, 0.4) is 0 Å². The van der Waals surface area contributed by atoms with Crippen molar-refractivity contribution in [3.8, 4) is 11.3 Å². The fourth-order valence-electron chi connectivity index (χ4n) is 1.41. The van der Waals surface area contributed by atoms with Gasteiger partial charge in [-0.3, -0.25) is 0 Å². The van der Waals surface area contributed by atoms with Crippen molar-refractivity contribution in [2.45, 2.75) is 5.33 Å². The third-order valence-electron chi connectivity index (χ3n) is 2.17. The molecule has 76 valence electrons. The number of rotatable bonds is 2. The minimum atomic E-state index is 0.714. The molecule has 0 unspecified atom stereocenters. The van der Waals surface area contributed by atoms with Crippen LogP contribution >= 0.6 is 15.9 Å². The summed E-state index contributed by atoms with van der Waals surface area (Å²) >= 11 is 3.39. The molecule has 2 aromatic rings. The molecule has 1 aromatic heterocycles. The highest BCUT2D eigenvalue weighted by Crippen LogP contribution is 2.23. The molecule has 0 aliphatic rings. The van der Waals surface area contributed by atoms with Gasteiger partial charge in [-0.15, -0.1) is 0 Å². The first-order valence-corrected chi connectivity index (χ1v) is 5.80. The summed E-state index contributed by atoms with van der Waals surface area (Å²) in [6, 6.07) is 13.8. The lowest BCUT2D eigenvalue weighted by Crippen LogP contribution is -1.96. The summed E-state index contributed by atoms with van der Waals surface area (Å²) in [5.74, 6) is 0. The quantitative estimate of drug-likeness (QED) is 0.845. The number of aromatic nitrogens is 1. The molecule has 0 amide bonds. The Morgan fingerprint density at radius 1 is 1.07 bits per heavy atom. The zero-order valence-electron chi connectivity index (χ0n) is 8.15. The summed E-state index contributed by atoms with van der Waals surface area (Å²) in [6.45, 7) is 0. The van der Waals surface area contributed by atoms with E-state index in [9.17, 15) is 0 Å². The number of anilines is 1. The second kappa shape index (κ2) is 4.45. The fraction of sp³-hybridized carbons (Fsp3) is 0.0833. The van der Waals surface area contributed by atoms with Crippen molar-refractivity contribution in [1.29, 1.82) is 0 Å². The van der Waals surface area contributed by atoms with Gasteiger partial charge in [0.15, 0.2) is 0 Å². The second-order valence-corrected chi connectivity index (χ2v) is 3.80. The predicted molar refractivity (Wildman–Crippen MR) is 66.7 cm³/mol. The smallest absolute Gasteiger partial charge is 0.0934 e. The van der Waals surface area contributed by atoms with E-state index in [0.717, 1.165) is 22.3 Å². The minimum Gasteiger partial charge on any atom is -0.397 e. The van der Waals surface area contributed by atoms with Gasteiger partial charge in [0.25, 0.3) is 0 Å².